The first kappa shape index (κ1) is 18.9. The van der Waals surface area contributed by atoms with Crippen LogP contribution < -0.4 is 0 Å². The second-order valence-electron chi connectivity index (χ2n) is 9.17. The Hall–Kier alpha value is -1.06. The number of benzene rings is 1. The van der Waals surface area contributed by atoms with Crippen molar-refractivity contribution in [2.45, 2.75) is 81.9 Å². The zero-order chi connectivity index (χ0) is 19.7. The average molecular weight is 391 g/mol. The summed E-state index contributed by atoms with van der Waals surface area (Å²) in [6, 6.07) is 10.1. The molecule has 4 saturated heterocycles. The number of likely N-dealkylation sites (N-methyl/N-ethyl adjacent to an activating group) is 1. The second-order valence-corrected chi connectivity index (χ2v) is 9.17. The highest BCUT2D eigenvalue weighted by atomic mass is 16.9. The van der Waals surface area contributed by atoms with E-state index in [9.17, 15) is 0 Å². The number of fused-ring (bicyclic) bond motifs is 5. The highest BCUT2D eigenvalue weighted by Crippen LogP contribution is 2.55. The third kappa shape index (κ3) is 2.69. The third-order valence-electron chi connectivity index (χ3n) is 6.27. The molecule has 7 heteroatoms. The van der Waals surface area contributed by atoms with Gasteiger partial charge in [-0.1, -0.05) is 30.3 Å². The fraction of sp³-hybridized carbons (Fsp3) is 0.714. The van der Waals surface area contributed by atoms with Crippen molar-refractivity contribution < 1.29 is 28.5 Å². The van der Waals surface area contributed by atoms with Crippen molar-refractivity contribution in [3.63, 3.8) is 0 Å². The maximum absolute atomic E-state index is 6.53. The Morgan fingerprint density at radius 2 is 1.75 bits per heavy atom. The molecule has 0 saturated carbocycles. The Balaban J connectivity index is 1.40. The first-order valence-electron chi connectivity index (χ1n) is 9.94. The van der Waals surface area contributed by atoms with Crippen molar-refractivity contribution in [2.24, 2.45) is 0 Å². The van der Waals surface area contributed by atoms with E-state index in [4.69, 9.17) is 28.5 Å². The fourth-order valence-corrected chi connectivity index (χ4v) is 5.21. The van der Waals surface area contributed by atoms with E-state index in [0.717, 1.165) is 5.56 Å². The van der Waals surface area contributed by atoms with Gasteiger partial charge in [0.25, 0.3) is 0 Å². The lowest BCUT2D eigenvalue weighted by molar-refractivity contribution is -0.257. The summed E-state index contributed by atoms with van der Waals surface area (Å²) >= 11 is 0. The Bertz CT molecular complexity index is 740. The van der Waals surface area contributed by atoms with Crippen molar-refractivity contribution >= 4 is 0 Å². The van der Waals surface area contributed by atoms with Crippen LogP contribution in [0.2, 0.25) is 0 Å². The first-order valence-corrected chi connectivity index (χ1v) is 9.94. The largest absolute Gasteiger partial charge is 0.375 e. The molecular formula is C21H29NO6. The molecule has 0 aliphatic carbocycles. The molecule has 0 radical (unpaired) electrons. The van der Waals surface area contributed by atoms with Gasteiger partial charge in [-0.3, -0.25) is 4.84 Å². The van der Waals surface area contributed by atoms with Gasteiger partial charge in [0.1, 0.15) is 35.6 Å². The van der Waals surface area contributed by atoms with E-state index >= 15 is 0 Å². The molecule has 4 heterocycles. The molecule has 6 atom stereocenters. The van der Waals surface area contributed by atoms with Crippen LogP contribution in [-0.4, -0.2) is 66.4 Å². The normalized spacial score (nSPS) is 43.1. The van der Waals surface area contributed by atoms with Crippen LogP contribution >= 0.6 is 0 Å². The number of nitrogens with zero attached hydrogens (tertiary/aromatic N) is 1. The zero-order valence-electron chi connectivity index (χ0n) is 17.1. The van der Waals surface area contributed by atoms with Gasteiger partial charge in [0.15, 0.2) is 12.1 Å². The molecule has 0 unspecified atom stereocenters. The quantitative estimate of drug-likeness (QED) is 0.780. The molecule has 0 bridgehead atoms. The number of ether oxygens (including phenoxy) is 5. The van der Waals surface area contributed by atoms with Gasteiger partial charge in [0.2, 0.25) is 0 Å². The lowest BCUT2D eigenvalue weighted by atomic mass is 9.81. The number of hydrogen-bond acceptors (Lipinski definition) is 7. The average Bonchev–Trinajstić information content (AvgIpc) is 3.25. The first-order chi connectivity index (χ1) is 13.2. The van der Waals surface area contributed by atoms with Crippen LogP contribution in [0, 0.1) is 0 Å². The van der Waals surface area contributed by atoms with Gasteiger partial charge in [0, 0.05) is 7.05 Å². The molecule has 0 spiro atoms. The Morgan fingerprint density at radius 1 is 1.00 bits per heavy atom. The zero-order valence-corrected chi connectivity index (χ0v) is 17.1. The van der Waals surface area contributed by atoms with Crippen molar-refractivity contribution in [2.75, 3.05) is 13.7 Å². The van der Waals surface area contributed by atoms with Gasteiger partial charge >= 0.3 is 0 Å². The molecule has 28 heavy (non-hydrogen) atoms. The van der Waals surface area contributed by atoms with Crippen LogP contribution in [0.1, 0.15) is 33.3 Å². The molecule has 1 aromatic rings. The SMILES string of the molecule is CN1OC(C)(C)[C@H]2O[C@@H]3[C@H]4OC(C)(C)O[C@H]4O[C@@H]3[C@]21COCc1ccccc1. The van der Waals surface area contributed by atoms with E-state index in [-0.39, 0.29) is 24.4 Å². The van der Waals surface area contributed by atoms with Crippen molar-refractivity contribution in [1.82, 2.24) is 5.06 Å². The summed E-state index contributed by atoms with van der Waals surface area (Å²) in [7, 11) is 1.93. The number of hydroxylamine groups is 2. The van der Waals surface area contributed by atoms with E-state index in [1.54, 1.807) is 0 Å². The number of rotatable bonds is 4. The molecular weight excluding hydrogens is 362 g/mol. The van der Waals surface area contributed by atoms with Gasteiger partial charge < -0.3 is 23.7 Å². The smallest absolute Gasteiger partial charge is 0.190 e. The molecule has 5 rings (SSSR count). The molecule has 154 valence electrons. The van der Waals surface area contributed by atoms with Crippen LogP contribution in [0.15, 0.2) is 30.3 Å². The third-order valence-corrected chi connectivity index (χ3v) is 6.27. The van der Waals surface area contributed by atoms with E-state index in [1.807, 2.05) is 58.0 Å². The molecule has 4 aliphatic heterocycles. The summed E-state index contributed by atoms with van der Waals surface area (Å²) in [4.78, 5) is 6.16. The monoisotopic (exact) mass is 391 g/mol. The molecule has 0 aromatic heterocycles. The fourth-order valence-electron chi connectivity index (χ4n) is 5.21. The maximum atomic E-state index is 6.53. The standard InChI is InChI=1S/C21H29NO6/c1-19(2)18-21(22(5)28-19,12-23-11-13-9-7-6-8-10-13)16-14(24-18)15-17(25-16)27-20(3,4)26-15/h6-10,14-18H,11-12H2,1-5H3/t14-,15-,16+,17-,18-,21-/m1/s1. The summed E-state index contributed by atoms with van der Waals surface area (Å²) < 4.78 is 31.1. The van der Waals surface area contributed by atoms with E-state index in [0.29, 0.717) is 13.2 Å². The van der Waals surface area contributed by atoms with Crippen molar-refractivity contribution in [3.8, 4) is 0 Å². The minimum atomic E-state index is -0.670. The van der Waals surface area contributed by atoms with Gasteiger partial charge in [-0.15, -0.1) is 0 Å². The van der Waals surface area contributed by atoms with Gasteiger partial charge in [0.05, 0.1) is 13.2 Å². The van der Waals surface area contributed by atoms with Gasteiger partial charge in [-0.05, 0) is 33.3 Å². The predicted molar refractivity (Wildman–Crippen MR) is 99.1 cm³/mol. The summed E-state index contributed by atoms with van der Waals surface area (Å²) in [6.07, 6.45) is -1.37. The van der Waals surface area contributed by atoms with E-state index in [2.05, 4.69) is 12.1 Å². The van der Waals surface area contributed by atoms with Gasteiger partial charge in [-0.25, -0.2) is 0 Å². The highest BCUT2D eigenvalue weighted by Gasteiger charge is 2.75. The molecule has 1 aromatic carbocycles. The topological polar surface area (TPSA) is 58.6 Å². The van der Waals surface area contributed by atoms with Crippen molar-refractivity contribution in [3.05, 3.63) is 35.9 Å². The summed E-state index contributed by atoms with van der Waals surface area (Å²) in [5.74, 6) is -0.670. The Morgan fingerprint density at radius 3 is 2.50 bits per heavy atom. The minimum absolute atomic E-state index is 0.205. The molecule has 7 nitrogen and oxygen atoms in total. The number of hydrogen-bond donors (Lipinski definition) is 0. The Kier molecular flexibility index (Phi) is 4.21. The van der Waals surface area contributed by atoms with Crippen molar-refractivity contribution in [1.29, 1.82) is 0 Å². The Labute approximate surface area is 165 Å². The van der Waals surface area contributed by atoms with E-state index in [1.165, 1.54) is 0 Å². The van der Waals surface area contributed by atoms with Crippen LogP contribution in [0.5, 0.6) is 0 Å². The minimum Gasteiger partial charge on any atom is -0.375 e. The molecule has 4 fully saturated rings. The maximum Gasteiger partial charge on any atom is 0.190 e. The molecule has 0 amide bonds. The summed E-state index contributed by atoms with van der Waals surface area (Å²) in [5, 5.41) is 1.87. The lowest BCUT2D eigenvalue weighted by Crippen LogP contribution is -2.59. The van der Waals surface area contributed by atoms with Crippen LogP contribution in [0.25, 0.3) is 0 Å². The second kappa shape index (κ2) is 6.22. The molecule has 4 aliphatic rings. The van der Waals surface area contributed by atoms with Crippen LogP contribution in [-0.2, 0) is 35.1 Å². The summed E-state index contributed by atoms with van der Waals surface area (Å²) in [6.45, 7) is 8.84. The lowest BCUT2D eigenvalue weighted by Gasteiger charge is -2.37. The summed E-state index contributed by atoms with van der Waals surface area (Å²) in [5.41, 5.74) is 0.0667. The van der Waals surface area contributed by atoms with E-state index < -0.39 is 23.2 Å². The van der Waals surface area contributed by atoms with Crippen LogP contribution in [0.3, 0.4) is 0 Å². The van der Waals surface area contributed by atoms with Crippen LogP contribution in [0.4, 0.5) is 0 Å². The molecule has 0 N–H and O–H groups in total. The highest BCUT2D eigenvalue weighted by molar-refractivity contribution is 5.21. The predicted octanol–water partition coefficient (Wildman–Crippen LogP) is 2.24. The van der Waals surface area contributed by atoms with Gasteiger partial charge in [-0.2, -0.15) is 5.06 Å².